The van der Waals surface area contributed by atoms with E-state index in [0.29, 0.717) is 39.4 Å². The average Bonchev–Trinajstić information content (AvgIpc) is 3.26. The molecular formula is C23H24N2O5S. The van der Waals surface area contributed by atoms with E-state index in [1.54, 1.807) is 57.5 Å². The first kappa shape index (κ1) is 22.3. The Balaban J connectivity index is 1.71. The molecule has 1 aromatic heterocycles. The van der Waals surface area contributed by atoms with E-state index in [2.05, 4.69) is 10.3 Å². The van der Waals surface area contributed by atoms with Gasteiger partial charge in [-0.05, 0) is 43.7 Å². The molecule has 1 unspecified atom stereocenters. The van der Waals surface area contributed by atoms with Gasteiger partial charge in [-0.1, -0.05) is 29.5 Å². The number of nitrogens with zero attached hydrogens (tertiary/aromatic N) is 1. The van der Waals surface area contributed by atoms with Crippen LogP contribution in [0.5, 0.6) is 17.2 Å². The second-order valence-corrected chi connectivity index (χ2v) is 7.68. The molecule has 0 aliphatic heterocycles. The van der Waals surface area contributed by atoms with Gasteiger partial charge in [0.05, 0.1) is 37.8 Å². The highest BCUT2D eigenvalue weighted by Crippen LogP contribution is 2.31. The summed E-state index contributed by atoms with van der Waals surface area (Å²) in [5.74, 6) is 0.915. The largest absolute Gasteiger partial charge is 0.494 e. The Hall–Kier alpha value is -3.39. The fourth-order valence-electron chi connectivity index (χ4n) is 2.96. The lowest BCUT2D eigenvalue weighted by Crippen LogP contribution is -2.18. The second-order valence-electron chi connectivity index (χ2n) is 6.64. The van der Waals surface area contributed by atoms with Crippen LogP contribution in [0.15, 0.2) is 48.7 Å². The van der Waals surface area contributed by atoms with Crippen molar-refractivity contribution in [3.63, 3.8) is 0 Å². The van der Waals surface area contributed by atoms with E-state index in [0.717, 1.165) is 16.9 Å². The summed E-state index contributed by atoms with van der Waals surface area (Å²) >= 11 is 1.13. The summed E-state index contributed by atoms with van der Waals surface area (Å²) in [4.78, 5) is 30.1. The van der Waals surface area contributed by atoms with Crippen LogP contribution < -0.4 is 19.5 Å². The standard InChI is InChI=1S/C23H24N2O5S/c1-5-30-17-8-6-7-16(11-17)21(26)20-13-24-23(31-20)25-22(27)14(2)15-9-10-18(28-3)19(12-15)29-4/h6-14H,5H2,1-4H3,(H,24,25,27). The Morgan fingerprint density at radius 2 is 1.87 bits per heavy atom. The molecule has 0 aliphatic rings. The molecule has 7 nitrogen and oxygen atoms in total. The molecule has 3 rings (SSSR count). The molecule has 0 fully saturated rings. The van der Waals surface area contributed by atoms with E-state index in [-0.39, 0.29) is 11.7 Å². The first-order valence-electron chi connectivity index (χ1n) is 9.73. The van der Waals surface area contributed by atoms with Crippen molar-refractivity contribution in [2.75, 3.05) is 26.1 Å². The molecule has 0 spiro atoms. The number of benzene rings is 2. The lowest BCUT2D eigenvalue weighted by Gasteiger charge is -2.14. The topological polar surface area (TPSA) is 86.8 Å². The Bertz CT molecular complexity index is 1080. The Morgan fingerprint density at radius 3 is 2.58 bits per heavy atom. The molecular weight excluding hydrogens is 416 g/mol. The van der Waals surface area contributed by atoms with E-state index < -0.39 is 5.92 Å². The summed E-state index contributed by atoms with van der Waals surface area (Å²) in [6.07, 6.45) is 1.47. The molecule has 8 heteroatoms. The zero-order chi connectivity index (χ0) is 22.4. The normalized spacial score (nSPS) is 11.5. The van der Waals surface area contributed by atoms with Crippen molar-refractivity contribution < 1.29 is 23.8 Å². The van der Waals surface area contributed by atoms with Crippen LogP contribution in [0.4, 0.5) is 5.13 Å². The maximum absolute atomic E-state index is 12.8. The molecule has 0 saturated heterocycles. The first-order chi connectivity index (χ1) is 15.0. The summed E-state index contributed by atoms with van der Waals surface area (Å²) in [6.45, 7) is 4.19. The van der Waals surface area contributed by atoms with E-state index in [9.17, 15) is 9.59 Å². The van der Waals surface area contributed by atoms with Crippen LogP contribution >= 0.6 is 11.3 Å². The van der Waals surface area contributed by atoms with Gasteiger partial charge in [0.1, 0.15) is 5.75 Å². The third kappa shape index (κ3) is 5.21. The summed E-state index contributed by atoms with van der Waals surface area (Å²) < 4.78 is 16.0. The number of hydrogen-bond acceptors (Lipinski definition) is 7. The molecule has 0 aliphatic carbocycles. The Morgan fingerprint density at radius 1 is 1.10 bits per heavy atom. The Kier molecular flexibility index (Phi) is 7.25. The van der Waals surface area contributed by atoms with E-state index >= 15 is 0 Å². The molecule has 0 saturated carbocycles. The molecule has 31 heavy (non-hydrogen) atoms. The summed E-state index contributed by atoms with van der Waals surface area (Å²) in [7, 11) is 3.10. The van der Waals surface area contributed by atoms with E-state index in [4.69, 9.17) is 14.2 Å². The number of ether oxygens (including phenoxy) is 3. The van der Waals surface area contributed by atoms with Crippen molar-refractivity contribution in [2.24, 2.45) is 0 Å². The van der Waals surface area contributed by atoms with Crippen molar-refractivity contribution in [2.45, 2.75) is 19.8 Å². The second kappa shape index (κ2) is 10.1. The number of hydrogen-bond donors (Lipinski definition) is 1. The number of aromatic nitrogens is 1. The van der Waals surface area contributed by atoms with Gasteiger partial charge in [-0.25, -0.2) is 4.98 Å². The number of amides is 1. The molecule has 1 atom stereocenters. The zero-order valence-electron chi connectivity index (χ0n) is 17.8. The maximum atomic E-state index is 12.8. The highest BCUT2D eigenvalue weighted by molar-refractivity contribution is 7.17. The van der Waals surface area contributed by atoms with Crippen LogP contribution in [0.3, 0.4) is 0 Å². The predicted molar refractivity (Wildman–Crippen MR) is 120 cm³/mol. The first-order valence-corrected chi connectivity index (χ1v) is 10.5. The molecule has 3 aromatic rings. The minimum absolute atomic E-state index is 0.174. The maximum Gasteiger partial charge on any atom is 0.233 e. The van der Waals surface area contributed by atoms with Crippen molar-refractivity contribution in [3.8, 4) is 17.2 Å². The van der Waals surface area contributed by atoms with Gasteiger partial charge in [0.15, 0.2) is 16.6 Å². The molecule has 0 bridgehead atoms. The van der Waals surface area contributed by atoms with E-state index in [1.807, 2.05) is 13.0 Å². The number of ketones is 1. The molecule has 1 amide bonds. The van der Waals surface area contributed by atoms with E-state index in [1.165, 1.54) is 6.20 Å². The number of methoxy groups -OCH3 is 2. The number of carbonyl (C=O) groups excluding carboxylic acids is 2. The summed E-state index contributed by atoms with van der Waals surface area (Å²) in [5.41, 5.74) is 1.28. The smallest absolute Gasteiger partial charge is 0.233 e. The van der Waals surface area contributed by atoms with Crippen molar-refractivity contribution >= 4 is 28.2 Å². The average molecular weight is 441 g/mol. The SMILES string of the molecule is CCOc1cccc(C(=O)c2cnc(NC(=O)C(C)c3ccc(OC)c(OC)c3)s2)c1. The number of thiazole rings is 1. The van der Waals surface area contributed by atoms with Gasteiger partial charge in [-0.15, -0.1) is 0 Å². The monoisotopic (exact) mass is 440 g/mol. The van der Waals surface area contributed by atoms with Crippen LogP contribution in [0.2, 0.25) is 0 Å². The third-order valence-electron chi connectivity index (χ3n) is 4.67. The van der Waals surface area contributed by atoms with Gasteiger partial charge in [0.25, 0.3) is 0 Å². The highest BCUT2D eigenvalue weighted by Gasteiger charge is 2.20. The lowest BCUT2D eigenvalue weighted by molar-refractivity contribution is -0.117. The summed E-state index contributed by atoms with van der Waals surface area (Å²) in [5, 5.41) is 3.15. The molecule has 162 valence electrons. The lowest BCUT2D eigenvalue weighted by atomic mass is 10.00. The molecule has 1 N–H and O–H groups in total. The predicted octanol–water partition coefficient (Wildman–Crippen LogP) is 4.53. The number of carbonyl (C=O) groups is 2. The number of anilines is 1. The van der Waals surface area contributed by atoms with Crippen LogP contribution in [-0.2, 0) is 4.79 Å². The minimum atomic E-state index is -0.453. The van der Waals surface area contributed by atoms with Gasteiger partial charge in [-0.2, -0.15) is 0 Å². The van der Waals surface area contributed by atoms with Gasteiger partial charge < -0.3 is 19.5 Å². The van der Waals surface area contributed by atoms with Crippen LogP contribution in [0, 0.1) is 0 Å². The molecule has 0 radical (unpaired) electrons. The fraction of sp³-hybridized carbons (Fsp3) is 0.261. The van der Waals surface area contributed by atoms with Crippen LogP contribution in [-0.4, -0.2) is 37.5 Å². The van der Waals surface area contributed by atoms with Gasteiger partial charge >= 0.3 is 0 Å². The van der Waals surface area contributed by atoms with Crippen molar-refractivity contribution in [3.05, 3.63) is 64.7 Å². The van der Waals surface area contributed by atoms with Gasteiger partial charge in [0.2, 0.25) is 11.7 Å². The Labute approximate surface area is 185 Å². The van der Waals surface area contributed by atoms with Crippen LogP contribution in [0.1, 0.15) is 40.6 Å². The number of nitrogens with one attached hydrogen (secondary N) is 1. The molecule has 2 aromatic carbocycles. The highest BCUT2D eigenvalue weighted by atomic mass is 32.1. The van der Waals surface area contributed by atoms with Crippen LogP contribution in [0.25, 0.3) is 0 Å². The quantitative estimate of drug-likeness (QED) is 0.492. The van der Waals surface area contributed by atoms with Crippen molar-refractivity contribution in [1.82, 2.24) is 4.98 Å². The zero-order valence-corrected chi connectivity index (χ0v) is 18.6. The minimum Gasteiger partial charge on any atom is -0.494 e. The fourth-order valence-corrected chi connectivity index (χ4v) is 3.74. The van der Waals surface area contributed by atoms with Gasteiger partial charge in [0, 0.05) is 5.56 Å². The van der Waals surface area contributed by atoms with Crippen molar-refractivity contribution in [1.29, 1.82) is 0 Å². The van der Waals surface area contributed by atoms with Gasteiger partial charge in [-0.3, -0.25) is 9.59 Å². The number of rotatable bonds is 9. The molecule has 1 heterocycles. The third-order valence-corrected chi connectivity index (χ3v) is 5.58. The summed E-state index contributed by atoms with van der Waals surface area (Å²) in [6, 6.07) is 12.3.